The van der Waals surface area contributed by atoms with Crippen molar-refractivity contribution >= 4 is 0 Å². The average molecular weight is 237 g/mol. The lowest BCUT2D eigenvalue weighted by Crippen LogP contribution is -2.39. The fourth-order valence-electron chi connectivity index (χ4n) is 2.07. The molecule has 0 radical (unpaired) electrons. The van der Waals surface area contributed by atoms with Gasteiger partial charge in [-0.3, -0.25) is 4.68 Å². The van der Waals surface area contributed by atoms with E-state index in [9.17, 15) is 0 Å². The van der Waals surface area contributed by atoms with Crippen LogP contribution in [0.1, 0.15) is 39.7 Å². The molecule has 17 heavy (non-hydrogen) atoms. The molecule has 0 aliphatic carbocycles. The summed E-state index contributed by atoms with van der Waals surface area (Å²) in [7, 11) is 1.98. The van der Waals surface area contributed by atoms with Gasteiger partial charge in [0, 0.05) is 19.3 Å². The Morgan fingerprint density at radius 1 is 1.35 bits per heavy atom. The summed E-state index contributed by atoms with van der Waals surface area (Å²) in [6.45, 7) is 10.3. The smallest absolute Gasteiger partial charge is 0.0522 e. The van der Waals surface area contributed by atoms with E-state index in [4.69, 9.17) is 0 Å². The van der Waals surface area contributed by atoms with Gasteiger partial charge >= 0.3 is 0 Å². The van der Waals surface area contributed by atoms with Crippen molar-refractivity contribution in [3.63, 3.8) is 0 Å². The van der Waals surface area contributed by atoms with Crippen LogP contribution in [0.4, 0.5) is 0 Å². The predicted octanol–water partition coefficient (Wildman–Crippen LogP) is 2.62. The molecule has 2 atom stereocenters. The quantitative estimate of drug-likeness (QED) is 0.790. The standard InChI is InChI=1S/C14H27N3/c1-6-7-15-14(12(4)11(2)3)8-13-9-16-17(5)10-13/h9-12,14-15H,6-8H2,1-5H3. The first-order valence-corrected chi connectivity index (χ1v) is 6.75. The number of hydrogen-bond acceptors (Lipinski definition) is 2. The van der Waals surface area contributed by atoms with E-state index in [1.807, 2.05) is 17.9 Å². The molecule has 0 saturated carbocycles. The lowest BCUT2D eigenvalue weighted by atomic mass is 9.87. The van der Waals surface area contributed by atoms with Crippen LogP contribution in [0.5, 0.6) is 0 Å². The molecule has 0 aliphatic rings. The van der Waals surface area contributed by atoms with Gasteiger partial charge in [0.25, 0.3) is 0 Å². The van der Waals surface area contributed by atoms with Crippen molar-refractivity contribution < 1.29 is 0 Å². The molecule has 1 N–H and O–H groups in total. The molecular formula is C14H27N3. The molecule has 1 aromatic rings. The van der Waals surface area contributed by atoms with Crippen LogP contribution in [0.3, 0.4) is 0 Å². The fourth-order valence-corrected chi connectivity index (χ4v) is 2.07. The number of nitrogens with zero attached hydrogens (tertiary/aromatic N) is 2. The first kappa shape index (κ1) is 14.2. The Morgan fingerprint density at radius 2 is 2.06 bits per heavy atom. The molecule has 0 bridgehead atoms. The number of rotatable bonds is 7. The predicted molar refractivity (Wildman–Crippen MR) is 73.0 cm³/mol. The molecule has 0 saturated heterocycles. The summed E-state index contributed by atoms with van der Waals surface area (Å²) >= 11 is 0. The van der Waals surface area contributed by atoms with Gasteiger partial charge in [-0.1, -0.05) is 27.7 Å². The highest BCUT2D eigenvalue weighted by Gasteiger charge is 2.20. The van der Waals surface area contributed by atoms with E-state index in [0.29, 0.717) is 17.9 Å². The zero-order chi connectivity index (χ0) is 12.8. The highest BCUT2D eigenvalue weighted by Crippen LogP contribution is 2.18. The van der Waals surface area contributed by atoms with Gasteiger partial charge in [0.2, 0.25) is 0 Å². The van der Waals surface area contributed by atoms with E-state index >= 15 is 0 Å². The summed E-state index contributed by atoms with van der Waals surface area (Å²) in [6.07, 6.45) is 6.36. The molecule has 1 rings (SSSR count). The Hall–Kier alpha value is -0.830. The van der Waals surface area contributed by atoms with Gasteiger partial charge in [-0.15, -0.1) is 0 Å². The van der Waals surface area contributed by atoms with Crippen LogP contribution in [0.25, 0.3) is 0 Å². The molecule has 0 spiro atoms. The second kappa shape index (κ2) is 6.80. The van der Waals surface area contributed by atoms with Crippen molar-refractivity contribution in [2.45, 2.75) is 46.6 Å². The van der Waals surface area contributed by atoms with Crippen LogP contribution in [-0.2, 0) is 13.5 Å². The van der Waals surface area contributed by atoms with Crippen molar-refractivity contribution in [1.29, 1.82) is 0 Å². The van der Waals surface area contributed by atoms with E-state index in [0.717, 1.165) is 13.0 Å². The summed E-state index contributed by atoms with van der Waals surface area (Å²) in [5.74, 6) is 1.39. The van der Waals surface area contributed by atoms with Crippen LogP contribution in [0, 0.1) is 11.8 Å². The minimum atomic E-state index is 0.555. The number of hydrogen-bond donors (Lipinski definition) is 1. The molecule has 0 fully saturated rings. The number of aromatic nitrogens is 2. The normalized spacial score (nSPS) is 15.2. The van der Waals surface area contributed by atoms with Crippen LogP contribution in [0.2, 0.25) is 0 Å². The molecule has 0 amide bonds. The Balaban J connectivity index is 2.62. The van der Waals surface area contributed by atoms with Gasteiger partial charge in [0.1, 0.15) is 0 Å². The maximum Gasteiger partial charge on any atom is 0.0522 e. The molecule has 0 aliphatic heterocycles. The fraction of sp³-hybridized carbons (Fsp3) is 0.786. The van der Waals surface area contributed by atoms with Crippen molar-refractivity contribution in [3.05, 3.63) is 18.0 Å². The Kier molecular flexibility index (Phi) is 5.69. The molecule has 3 nitrogen and oxygen atoms in total. The van der Waals surface area contributed by atoms with Crippen LogP contribution < -0.4 is 5.32 Å². The lowest BCUT2D eigenvalue weighted by Gasteiger charge is -2.27. The van der Waals surface area contributed by atoms with E-state index in [-0.39, 0.29) is 0 Å². The molecule has 1 heterocycles. The topological polar surface area (TPSA) is 29.9 Å². The van der Waals surface area contributed by atoms with Crippen LogP contribution in [0.15, 0.2) is 12.4 Å². The van der Waals surface area contributed by atoms with Gasteiger partial charge in [0.15, 0.2) is 0 Å². The molecule has 0 aromatic carbocycles. The Morgan fingerprint density at radius 3 is 2.53 bits per heavy atom. The van der Waals surface area contributed by atoms with Gasteiger partial charge in [-0.2, -0.15) is 5.10 Å². The third kappa shape index (κ3) is 4.50. The summed E-state index contributed by atoms with van der Waals surface area (Å²) in [5, 5.41) is 7.91. The van der Waals surface area contributed by atoms with E-state index in [1.54, 1.807) is 0 Å². The zero-order valence-corrected chi connectivity index (χ0v) is 11.9. The Labute approximate surface area is 106 Å². The van der Waals surface area contributed by atoms with Crippen LogP contribution in [-0.4, -0.2) is 22.4 Å². The first-order valence-electron chi connectivity index (χ1n) is 6.75. The largest absolute Gasteiger partial charge is 0.313 e. The SMILES string of the molecule is CCCNC(Cc1cnn(C)c1)C(C)C(C)C. The molecule has 3 heteroatoms. The lowest BCUT2D eigenvalue weighted by molar-refractivity contribution is 0.297. The van der Waals surface area contributed by atoms with Crippen molar-refractivity contribution in [2.24, 2.45) is 18.9 Å². The molecule has 98 valence electrons. The number of nitrogens with one attached hydrogen (secondary N) is 1. The highest BCUT2D eigenvalue weighted by atomic mass is 15.2. The monoisotopic (exact) mass is 237 g/mol. The van der Waals surface area contributed by atoms with E-state index < -0.39 is 0 Å². The minimum Gasteiger partial charge on any atom is -0.313 e. The number of aryl methyl sites for hydroxylation is 1. The summed E-state index contributed by atoms with van der Waals surface area (Å²) in [5.41, 5.74) is 1.33. The Bertz CT molecular complexity index is 317. The first-order chi connectivity index (χ1) is 8.04. The highest BCUT2D eigenvalue weighted by molar-refractivity contribution is 5.06. The molecule has 1 aromatic heterocycles. The maximum atomic E-state index is 4.24. The maximum absolute atomic E-state index is 4.24. The average Bonchev–Trinajstić information content (AvgIpc) is 2.69. The van der Waals surface area contributed by atoms with Crippen LogP contribution >= 0.6 is 0 Å². The third-order valence-corrected chi connectivity index (χ3v) is 3.56. The van der Waals surface area contributed by atoms with Crippen molar-refractivity contribution in [2.75, 3.05) is 6.54 Å². The zero-order valence-electron chi connectivity index (χ0n) is 11.9. The molecule has 2 unspecified atom stereocenters. The van der Waals surface area contributed by atoms with Gasteiger partial charge in [-0.05, 0) is 36.8 Å². The van der Waals surface area contributed by atoms with Crippen molar-refractivity contribution in [1.82, 2.24) is 15.1 Å². The van der Waals surface area contributed by atoms with Gasteiger partial charge < -0.3 is 5.32 Å². The second-order valence-corrected chi connectivity index (χ2v) is 5.39. The summed E-state index contributed by atoms with van der Waals surface area (Å²) in [6, 6.07) is 0.555. The molecular weight excluding hydrogens is 210 g/mol. The summed E-state index contributed by atoms with van der Waals surface area (Å²) < 4.78 is 1.88. The second-order valence-electron chi connectivity index (χ2n) is 5.39. The minimum absolute atomic E-state index is 0.555. The third-order valence-electron chi connectivity index (χ3n) is 3.56. The van der Waals surface area contributed by atoms with Gasteiger partial charge in [0.05, 0.1) is 6.20 Å². The summed E-state index contributed by atoms with van der Waals surface area (Å²) in [4.78, 5) is 0. The van der Waals surface area contributed by atoms with E-state index in [1.165, 1.54) is 12.0 Å². The van der Waals surface area contributed by atoms with E-state index in [2.05, 4.69) is 44.3 Å². The van der Waals surface area contributed by atoms with Crippen molar-refractivity contribution in [3.8, 4) is 0 Å². The van der Waals surface area contributed by atoms with Gasteiger partial charge in [-0.25, -0.2) is 0 Å².